The van der Waals surface area contributed by atoms with E-state index in [2.05, 4.69) is 12.2 Å². The van der Waals surface area contributed by atoms with E-state index in [4.69, 9.17) is 18.9 Å². The molecule has 1 aliphatic carbocycles. The van der Waals surface area contributed by atoms with Gasteiger partial charge in [-0.1, -0.05) is 19.8 Å². The molecule has 0 aromatic carbocycles. The lowest BCUT2D eigenvalue weighted by molar-refractivity contribution is -0.0998. The third kappa shape index (κ3) is 5.07. The molecule has 4 atom stereocenters. The number of alkyl carbamates (subject to hydrolysis) is 1. The minimum atomic E-state index is -0.332. The number of ether oxygens (including phenoxy) is 4. The molecule has 0 aromatic rings. The Labute approximate surface area is 145 Å². The molecule has 0 aromatic heterocycles. The van der Waals surface area contributed by atoms with Crippen LogP contribution in [0, 0.1) is 5.92 Å². The van der Waals surface area contributed by atoms with Gasteiger partial charge in [0.25, 0.3) is 0 Å². The molecular formula is C18H33NO5. The zero-order valence-electron chi connectivity index (χ0n) is 15.3. The van der Waals surface area contributed by atoms with Gasteiger partial charge in [-0.2, -0.15) is 0 Å². The summed E-state index contributed by atoms with van der Waals surface area (Å²) in [5, 5.41) is 2.86. The summed E-state index contributed by atoms with van der Waals surface area (Å²) in [5.41, 5.74) is -0.0199. The molecule has 2 aliphatic rings. The van der Waals surface area contributed by atoms with Crippen LogP contribution in [0.3, 0.4) is 0 Å². The topological polar surface area (TPSA) is 69.3 Å². The lowest BCUT2D eigenvalue weighted by Gasteiger charge is -2.40. The minimum Gasteiger partial charge on any atom is -0.443 e. The zero-order chi connectivity index (χ0) is 17.4. The van der Waals surface area contributed by atoms with Gasteiger partial charge in [0.1, 0.15) is 6.10 Å². The van der Waals surface area contributed by atoms with Crippen molar-refractivity contribution in [1.29, 1.82) is 0 Å². The van der Waals surface area contributed by atoms with E-state index in [1.807, 2.05) is 0 Å². The van der Waals surface area contributed by atoms with Crippen LogP contribution in [0.5, 0.6) is 0 Å². The lowest BCUT2D eigenvalue weighted by Crippen LogP contribution is -2.50. The largest absolute Gasteiger partial charge is 0.443 e. The predicted molar refractivity (Wildman–Crippen MR) is 91.1 cm³/mol. The van der Waals surface area contributed by atoms with Crippen LogP contribution >= 0.6 is 0 Å². The zero-order valence-corrected chi connectivity index (χ0v) is 15.3. The molecule has 0 bridgehead atoms. The Morgan fingerprint density at radius 3 is 2.62 bits per heavy atom. The number of carbonyl (C=O) groups excluding carboxylic acids is 1. The Morgan fingerprint density at radius 2 is 2.00 bits per heavy atom. The van der Waals surface area contributed by atoms with Crippen LogP contribution in [0.4, 0.5) is 4.79 Å². The Morgan fingerprint density at radius 1 is 1.25 bits per heavy atom. The van der Waals surface area contributed by atoms with E-state index in [9.17, 15) is 4.79 Å². The summed E-state index contributed by atoms with van der Waals surface area (Å²) >= 11 is 0. The molecule has 6 heteroatoms. The average molecular weight is 343 g/mol. The van der Waals surface area contributed by atoms with Gasteiger partial charge in [0.2, 0.25) is 0 Å². The second kappa shape index (κ2) is 9.59. The average Bonchev–Trinajstić information content (AvgIpc) is 3.35. The van der Waals surface area contributed by atoms with Gasteiger partial charge >= 0.3 is 6.09 Å². The molecule has 1 amide bonds. The van der Waals surface area contributed by atoms with Gasteiger partial charge in [-0.3, -0.25) is 0 Å². The molecule has 2 rings (SSSR count). The first-order valence-electron chi connectivity index (χ1n) is 9.27. The first-order chi connectivity index (χ1) is 11.7. The van der Waals surface area contributed by atoms with Gasteiger partial charge in [0.15, 0.2) is 0 Å². The van der Waals surface area contributed by atoms with E-state index in [-0.39, 0.29) is 23.9 Å². The van der Waals surface area contributed by atoms with Crippen molar-refractivity contribution in [2.24, 2.45) is 5.92 Å². The molecule has 1 N–H and O–H groups in total. The van der Waals surface area contributed by atoms with Gasteiger partial charge in [0.05, 0.1) is 18.3 Å². The van der Waals surface area contributed by atoms with Crippen molar-refractivity contribution >= 4 is 6.09 Å². The monoisotopic (exact) mass is 343 g/mol. The third-order valence-corrected chi connectivity index (χ3v) is 5.32. The van der Waals surface area contributed by atoms with Gasteiger partial charge in [0, 0.05) is 33.3 Å². The van der Waals surface area contributed by atoms with E-state index < -0.39 is 0 Å². The highest BCUT2D eigenvalue weighted by molar-refractivity contribution is 5.67. The molecule has 24 heavy (non-hydrogen) atoms. The molecule has 1 saturated heterocycles. The second-order valence-corrected chi connectivity index (χ2v) is 6.88. The van der Waals surface area contributed by atoms with Crippen LogP contribution in [-0.2, 0) is 18.9 Å². The molecular weight excluding hydrogens is 310 g/mol. The number of nitrogens with one attached hydrogen (secondary N) is 1. The number of methoxy groups -OCH3 is 2. The molecule has 1 aliphatic heterocycles. The molecule has 3 unspecified atom stereocenters. The minimum absolute atomic E-state index is 0.0199. The van der Waals surface area contributed by atoms with E-state index in [0.717, 1.165) is 58.2 Å². The van der Waals surface area contributed by atoms with E-state index in [1.54, 1.807) is 14.2 Å². The van der Waals surface area contributed by atoms with Crippen molar-refractivity contribution in [3.63, 3.8) is 0 Å². The number of hydrogen-bond acceptors (Lipinski definition) is 5. The number of carbonyl (C=O) groups is 1. The summed E-state index contributed by atoms with van der Waals surface area (Å²) in [5.74, 6) is 0.301. The van der Waals surface area contributed by atoms with Gasteiger partial charge in [-0.05, 0) is 32.1 Å². The molecule has 2 fully saturated rings. The number of hydrogen-bond donors (Lipinski definition) is 1. The van der Waals surface area contributed by atoms with E-state index >= 15 is 0 Å². The molecule has 1 saturated carbocycles. The molecule has 6 nitrogen and oxygen atoms in total. The lowest BCUT2D eigenvalue weighted by atomic mass is 9.74. The smallest absolute Gasteiger partial charge is 0.407 e. The van der Waals surface area contributed by atoms with Crippen molar-refractivity contribution in [2.45, 2.75) is 69.7 Å². The van der Waals surface area contributed by atoms with Gasteiger partial charge in [-0.15, -0.1) is 0 Å². The van der Waals surface area contributed by atoms with Crippen molar-refractivity contribution in [2.75, 3.05) is 34.0 Å². The van der Waals surface area contributed by atoms with Crippen LogP contribution in [0.1, 0.15) is 51.9 Å². The number of amides is 1. The normalized spacial score (nSPS) is 31.9. The fourth-order valence-electron chi connectivity index (χ4n) is 3.89. The summed E-state index contributed by atoms with van der Waals surface area (Å²) in [6.45, 7) is 4.42. The first-order valence-corrected chi connectivity index (χ1v) is 9.27. The van der Waals surface area contributed by atoms with E-state index in [1.165, 1.54) is 0 Å². The summed E-state index contributed by atoms with van der Waals surface area (Å²) in [7, 11) is 3.42. The van der Waals surface area contributed by atoms with Crippen LogP contribution in [0.25, 0.3) is 0 Å². The molecule has 1 heterocycles. The van der Waals surface area contributed by atoms with Crippen LogP contribution in [0.15, 0.2) is 0 Å². The quantitative estimate of drug-likeness (QED) is 0.488. The van der Waals surface area contributed by atoms with Crippen molar-refractivity contribution in [3.05, 3.63) is 0 Å². The Bertz CT molecular complexity index is 386. The SMILES string of the molecule is CCC1C(OC)C(OC(=O)NCCCCCCOC)CC[C@]12CO2. The van der Waals surface area contributed by atoms with Crippen LogP contribution < -0.4 is 5.32 Å². The summed E-state index contributed by atoms with van der Waals surface area (Å²) in [4.78, 5) is 12.0. The molecule has 1 spiro atoms. The predicted octanol–water partition coefficient (Wildman–Crippen LogP) is 2.89. The van der Waals surface area contributed by atoms with Crippen molar-refractivity contribution in [3.8, 4) is 0 Å². The maximum atomic E-state index is 12.0. The number of epoxide rings is 1. The van der Waals surface area contributed by atoms with Crippen LogP contribution in [-0.4, -0.2) is 57.9 Å². The standard InChI is InChI=1S/C18H33NO5/c1-4-14-16(22-3)15(9-10-18(14)13-23-18)24-17(20)19-11-7-5-6-8-12-21-2/h14-16H,4-13H2,1-3H3,(H,19,20)/t14?,15?,16?,18-/m0/s1. The highest BCUT2D eigenvalue weighted by Crippen LogP contribution is 2.49. The summed E-state index contributed by atoms with van der Waals surface area (Å²) in [6, 6.07) is 0. The Hall–Kier alpha value is -0.850. The first kappa shape index (κ1) is 19.5. The van der Waals surface area contributed by atoms with Crippen molar-refractivity contribution in [1.82, 2.24) is 5.32 Å². The second-order valence-electron chi connectivity index (χ2n) is 6.88. The third-order valence-electron chi connectivity index (χ3n) is 5.32. The Balaban J connectivity index is 1.67. The highest BCUT2D eigenvalue weighted by Gasteiger charge is 2.58. The number of unbranched alkanes of at least 4 members (excludes halogenated alkanes) is 3. The van der Waals surface area contributed by atoms with Crippen LogP contribution in [0.2, 0.25) is 0 Å². The van der Waals surface area contributed by atoms with Crippen molar-refractivity contribution < 1.29 is 23.7 Å². The fraction of sp³-hybridized carbons (Fsp3) is 0.944. The maximum absolute atomic E-state index is 12.0. The van der Waals surface area contributed by atoms with Gasteiger partial charge in [-0.25, -0.2) is 4.79 Å². The molecule has 140 valence electrons. The summed E-state index contributed by atoms with van der Waals surface area (Å²) in [6.07, 6.45) is 6.38. The maximum Gasteiger partial charge on any atom is 0.407 e. The molecule has 0 radical (unpaired) electrons. The van der Waals surface area contributed by atoms with Gasteiger partial charge < -0.3 is 24.3 Å². The summed E-state index contributed by atoms with van der Waals surface area (Å²) < 4.78 is 22.0. The van der Waals surface area contributed by atoms with E-state index in [0.29, 0.717) is 12.5 Å². The number of rotatable bonds is 10. The highest BCUT2D eigenvalue weighted by atomic mass is 16.6. The fourth-order valence-corrected chi connectivity index (χ4v) is 3.89. The Kier molecular flexibility index (Phi) is 7.78.